The standard InChI is InChI=1S/C15H20FNO2/c1-6-12(9-13(16)7-2)11(5)17-14(8-3)10(4)15(18)19/h6-7,9H,1,8H2,2-5H3,(H,18,19)/b12-9+,13-7+,14-10+,17-11+. The van der Waals surface area contributed by atoms with E-state index in [0.29, 0.717) is 23.4 Å². The second kappa shape index (κ2) is 8.19. The van der Waals surface area contributed by atoms with Crippen LogP contribution in [0.4, 0.5) is 4.39 Å². The van der Waals surface area contributed by atoms with Gasteiger partial charge in [-0.15, -0.1) is 0 Å². The van der Waals surface area contributed by atoms with Crippen LogP contribution in [-0.2, 0) is 4.79 Å². The Balaban J connectivity index is 5.60. The fourth-order valence-electron chi connectivity index (χ4n) is 1.36. The van der Waals surface area contributed by atoms with Gasteiger partial charge in [0.15, 0.2) is 0 Å². The number of carboxylic acid groups (broad SMARTS) is 1. The van der Waals surface area contributed by atoms with Gasteiger partial charge >= 0.3 is 5.97 Å². The molecule has 0 amide bonds. The number of allylic oxidation sites excluding steroid dienone is 6. The predicted octanol–water partition coefficient (Wildman–Crippen LogP) is 4.20. The molecule has 0 aliphatic heterocycles. The number of nitrogens with zero attached hydrogens (tertiary/aromatic N) is 1. The summed E-state index contributed by atoms with van der Waals surface area (Å²) in [6, 6.07) is 0. The zero-order chi connectivity index (χ0) is 15.0. The largest absolute Gasteiger partial charge is 0.478 e. The first-order valence-corrected chi connectivity index (χ1v) is 6.01. The summed E-state index contributed by atoms with van der Waals surface area (Å²) in [5, 5.41) is 8.94. The van der Waals surface area contributed by atoms with E-state index in [4.69, 9.17) is 5.11 Å². The van der Waals surface area contributed by atoms with Crippen LogP contribution in [0, 0.1) is 0 Å². The lowest BCUT2D eigenvalue weighted by molar-refractivity contribution is -0.132. The number of aliphatic imine (C=N–C) groups is 1. The second-order valence-corrected chi connectivity index (χ2v) is 3.90. The average Bonchev–Trinajstić information content (AvgIpc) is 2.40. The molecule has 19 heavy (non-hydrogen) atoms. The molecule has 0 aliphatic carbocycles. The van der Waals surface area contributed by atoms with Crippen molar-refractivity contribution in [2.45, 2.75) is 34.1 Å². The van der Waals surface area contributed by atoms with Gasteiger partial charge in [0.05, 0.1) is 11.3 Å². The van der Waals surface area contributed by atoms with E-state index in [-0.39, 0.29) is 11.4 Å². The van der Waals surface area contributed by atoms with Crippen molar-refractivity contribution >= 4 is 11.7 Å². The van der Waals surface area contributed by atoms with Crippen molar-refractivity contribution in [1.82, 2.24) is 0 Å². The van der Waals surface area contributed by atoms with Crippen molar-refractivity contribution in [1.29, 1.82) is 0 Å². The molecule has 0 unspecified atom stereocenters. The maximum atomic E-state index is 13.2. The highest BCUT2D eigenvalue weighted by molar-refractivity contribution is 6.02. The third kappa shape index (κ3) is 5.46. The Labute approximate surface area is 113 Å². The summed E-state index contributed by atoms with van der Waals surface area (Å²) < 4.78 is 13.2. The quantitative estimate of drug-likeness (QED) is 0.444. The van der Waals surface area contributed by atoms with Gasteiger partial charge < -0.3 is 5.11 Å². The Hall–Kier alpha value is -1.97. The molecule has 0 saturated heterocycles. The molecule has 104 valence electrons. The van der Waals surface area contributed by atoms with Crippen LogP contribution in [0.5, 0.6) is 0 Å². The fourth-order valence-corrected chi connectivity index (χ4v) is 1.36. The Morgan fingerprint density at radius 1 is 1.42 bits per heavy atom. The lowest BCUT2D eigenvalue weighted by Crippen LogP contribution is -2.02. The molecule has 0 rings (SSSR count). The molecule has 1 N–H and O–H groups in total. The summed E-state index contributed by atoms with van der Waals surface area (Å²) in [4.78, 5) is 15.2. The summed E-state index contributed by atoms with van der Waals surface area (Å²) >= 11 is 0. The maximum absolute atomic E-state index is 13.2. The van der Waals surface area contributed by atoms with Gasteiger partial charge in [-0.25, -0.2) is 9.18 Å². The van der Waals surface area contributed by atoms with E-state index in [1.165, 1.54) is 25.2 Å². The molecule has 3 nitrogen and oxygen atoms in total. The molecule has 4 heteroatoms. The number of hydrogen-bond acceptors (Lipinski definition) is 2. The van der Waals surface area contributed by atoms with Gasteiger partial charge in [0.2, 0.25) is 0 Å². The van der Waals surface area contributed by atoms with Crippen LogP contribution in [0.1, 0.15) is 34.1 Å². The van der Waals surface area contributed by atoms with Crippen molar-refractivity contribution in [2.75, 3.05) is 0 Å². The summed E-state index contributed by atoms with van der Waals surface area (Å²) in [5.74, 6) is -1.39. The van der Waals surface area contributed by atoms with E-state index in [2.05, 4.69) is 11.6 Å². The van der Waals surface area contributed by atoms with Crippen LogP contribution in [0.3, 0.4) is 0 Å². The lowest BCUT2D eigenvalue weighted by Gasteiger charge is -2.06. The molecule has 0 bridgehead atoms. The van der Waals surface area contributed by atoms with E-state index >= 15 is 0 Å². The SMILES string of the molecule is C=CC(=C\C(F)=C/C)/C(C)=N/C(CC)=C(\C)C(=O)O. The number of carboxylic acids is 1. The topological polar surface area (TPSA) is 49.7 Å². The number of hydrogen-bond donors (Lipinski definition) is 1. The number of aliphatic carboxylic acids is 1. The van der Waals surface area contributed by atoms with Crippen LogP contribution < -0.4 is 0 Å². The zero-order valence-corrected chi connectivity index (χ0v) is 11.8. The summed E-state index contributed by atoms with van der Waals surface area (Å²) in [5.41, 5.74) is 1.72. The normalized spacial score (nSPS) is 15.1. The van der Waals surface area contributed by atoms with Gasteiger partial charge in [0.25, 0.3) is 0 Å². The molecule has 0 spiro atoms. The minimum atomic E-state index is -1.00. The first kappa shape index (κ1) is 17.0. The smallest absolute Gasteiger partial charge is 0.333 e. The van der Waals surface area contributed by atoms with E-state index in [9.17, 15) is 9.18 Å². The minimum absolute atomic E-state index is 0.191. The second-order valence-electron chi connectivity index (χ2n) is 3.90. The Bertz CT molecular complexity index is 482. The molecular formula is C15H20FNO2. The van der Waals surface area contributed by atoms with Crippen molar-refractivity contribution < 1.29 is 14.3 Å². The lowest BCUT2D eigenvalue weighted by atomic mass is 10.1. The molecule has 0 aromatic carbocycles. The molecule has 0 aromatic heterocycles. The van der Waals surface area contributed by atoms with E-state index in [1.807, 2.05) is 6.92 Å². The van der Waals surface area contributed by atoms with E-state index < -0.39 is 5.97 Å². The Morgan fingerprint density at radius 2 is 2.00 bits per heavy atom. The van der Waals surface area contributed by atoms with Crippen LogP contribution in [-0.4, -0.2) is 16.8 Å². The average molecular weight is 265 g/mol. The highest BCUT2D eigenvalue weighted by Crippen LogP contribution is 2.14. The minimum Gasteiger partial charge on any atom is -0.478 e. The molecule has 0 aliphatic rings. The molecule has 0 aromatic rings. The summed E-state index contributed by atoms with van der Waals surface area (Å²) in [6.07, 6.45) is 4.63. The Morgan fingerprint density at radius 3 is 2.37 bits per heavy atom. The van der Waals surface area contributed by atoms with Crippen molar-refractivity contribution in [2.24, 2.45) is 4.99 Å². The highest BCUT2D eigenvalue weighted by atomic mass is 19.1. The fraction of sp³-hybridized carbons (Fsp3) is 0.333. The molecule has 0 heterocycles. The van der Waals surface area contributed by atoms with Gasteiger partial charge in [-0.05, 0) is 38.8 Å². The van der Waals surface area contributed by atoms with E-state index in [0.717, 1.165) is 0 Å². The van der Waals surface area contributed by atoms with Gasteiger partial charge in [0.1, 0.15) is 5.83 Å². The van der Waals surface area contributed by atoms with E-state index in [1.54, 1.807) is 13.8 Å². The summed E-state index contributed by atoms with van der Waals surface area (Å²) in [6.45, 7) is 10.2. The number of halogens is 1. The van der Waals surface area contributed by atoms with Crippen molar-refractivity contribution in [3.05, 3.63) is 47.5 Å². The monoisotopic (exact) mass is 265 g/mol. The molecule has 0 fully saturated rings. The maximum Gasteiger partial charge on any atom is 0.333 e. The van der Waals surface area contributed by atoms with Crippen LogP contribution >= 0.6 is 0 Å². The van der Waals surface area contributed by atoms with Crippen molar-refractivity contribution in [3.63, 3.8) is 0 Å². The van der Waals surface area contributed by atoms with Gasteiger partial charge in [-0.2, -0.15) is 0 Å². The first-order valence-electron chi connectivity index (χ1n) is 6.01. The predicted molar refractivity (Wildman–Crippen MR) is 76.9 cm³/mol. The number of rotatable bonds is 6. The van der Waals surface area contributed by atoms with Gasteiger partial charge in [0, 0.05) is 5.71 Å². The molecular weight excluding hydrogens is 245 g/mol. The van der Waals surface area contributed by atoms with Gasteiger partial charge in [-0.3, -0.25) is 4.99 Å². The van der Waals surface area contributed by atoms with Gasteiger partial charge in [-0.1, -0.05) is 25.7 Å². The molecule has 0 saturated carbocycles. The zero-order valence-electron chi connectivity index (χ0n) is 11.8. The third-order valence-electron chi connectivity index (χ3n) is 2.60. The van der Waals surface area contributed by atoms with Crippen LogP contribution in [0.15, 0.2) is 52.5 Å². The number of carbonyl (C=O) groups is 1. The molecule has 0 atom stereocenters. The summed E-state index contributed by atoms with van der Waals surface area (Å²) in [7, 11) is 0. The van der Waals surface area contributed by atoms with Crippen molar-refractivity contribution in [3.8, 4) is 0 Å². The first-order chi connectivity index (χ1) is 8.87. The highest BCUT2D eigenvalue weighted by Gasteiger charge is 2.08. The van der Waals surface area contributed by atoms with Crippen LogP contribution in [0.2, 0.25) is 0 Å². The molecule has 0 radical (unpaired) electrons. The van der Waals surface area contributed by atoms with Crippen LogP contribution in [0.25, 0.3) is 0 Å². The third-order valence-corrected chi connectivity index (χ3v) is 2.60. The Kier molecular flexibility index (Phi) is 7.34.